The standard InChI is InChI=1S/C10H12S/c11-8-10(6-7-10)9-4-2-1-3-5-9/h1-5,11H,6-8H2. The van der Waals surface area contributed by atoms with Crippen molar-refractivity contribution in [1.29, 1.82) is 0 Å². The minimum Gasteiger partial charge on any atom is -0.178 e. The summed E-state index contributed by atoms with van der Waals surface area (Å²) < 4.78 is 0. The van der Waals surface area contributed by atoms with E-state index >= 15 is 0 Å². The summed E-state index contributed by atoms with van der Waals surface area (Å²) in [5.41, 5.74) is 1.92. The van der Waals surface area contributed by atoms with Crippen LogP contribution in [0.4, 0.5) is 0 Å². The average molecular weight is 164 g/mol. The number of thiol groups is 1. The summed E-state index contributed by atoms with van der Waals surface area (Å²) in [5.74, 6) is 0.997. The van der Waals surface area contributed by atoms with Crippen LogP contribution in [0.2, 0.25) is 0 Å². The number of rotatable bonds is 2. The highest BCUT2D eigenvalue weighted by atomic mass is 32.1. The number of hydrogen-bond donors (Lipinski definition) is 1. The lowest BCUT2D eigenvalue weighted by molar-refractivity contribution is 0.805. The Morgan fingerprint density at radius 3 is 2.27 bits per heavy atom. The molecule has 0 aliphatic heterocycles. The van der Waals surface area contributed by atoms with Crippen LogP contribution in [-0.4, -0.2) is 5.75 Å². The molecule has 0 N–H and O–H groups in total. The maximum absolute atomic E-state index is 4.38. The molecule has 58 valence electrons. The Balaban J connectivity index is 2.30. The topological polar surface area (TPSA) is 0 Å². The first kappa shape index (κ1) is 7.23. The van der Waals surface area contributed by atoms with Gasteiger partial charge in [0.2, 0.25) is 0 Å². The Hall–Kier alpha value is -0.430. The van der Waals surface area contributed by atoms with E-state index in [0.717, 1.165) is 5.75 Å². The van der Waals surface area contributed by atoms with E-state index in [0.29, 0.717) is 5.41 Å². The van der Waals surface area contributed by atoms with Gasteiger partial charge in [-0.15, -0.1) is 0 Å². The number of benzene rings is 1. The zero-order valence-electron chi connectivity index (χ0n) is 6.46. The van der Waals surface area contributed by atoms with Gasteiger partial charge in [-0.25, -0.2) is 0 Å². The van der Waals surface area contributed by atoms with E-state index < -0.39 is 0 Å². The molecule has 0 amide bonds. The SMILES string of the molecule is SCC1(c2ccccc2)CC1. The average Bonchev–Trinajstić information content (AvgIpc) is 2.86. The molecule has 0 radical (unpaired) electrons. The molecule has 1 heteroatoms. The minimum atomic E-state index is 0.449. The molecule has 0 aromatic heterocycles. The maximum Gasteiger partial charge on any atom is 0.00417 e. The summed E-state index contributed by atoms with van der Waals surface area (Å²) in [6, 6.07) is 10.7. The lowest BCUT2D eigenvalue weighted by Crippen LogP contribution is -2.07. The van der Waals surface area contributed by atoms with Gasteiger partial charge in [0.05, 0.1) is 0 Å². The predicted molar refractivity (Wildman–Crippen MR) is 51.2 cm³/mol. The van der Waals surface area contributed by atoms with Gasteiger partial charge in [-0.05, 0) is 24.2 Å². The molecule has 0 atom stereocenters. The van der Waals surface area contributed by atoms with Crippen LogP contribution in [-0.2, 0) is 5.41 Å². The first-order chi connectivity index (χ1) is 5.37. The van der Waals surface area contributed by atoms with E-state index in [9.17, 15) is 0 Å². The van der Waals surface area contributed by atoms with Gasteiger partial charge in [-0.2, -0.15) is 12.6 Å². The fraction of sp³-hybridized carbons (Fsp3) is 0.400. The summed E-state index contributed by atoms with van der Waals surface area (Å²) in [4.78, 5) is 0. The van der Waals surface area contributed by atoms with Crippen LogP contribution in [0.3, 0.4) is 0 Å². The predicted octanol–water partition coefficient (Wildman–Crippen LogP) is 2.65. The molecule has 11 heavy (non-hydrogen) atoms. The van der Waals surface area contributed by atoms with E-state index in [1.807, 2.05) is 0 Å². The Morgan fingerprint density at radius 2 is 1.82 bits per heavy atom. The van der Waals surface area contributed by atoms with Gasteiger partial charge in [0.1, 0.15) is 0 Å². The quantitative estimate of drug-likeness (QED) is 0.638. The van der Waals surface area contributed by atoms with E-state index in [1.54, 1.807) is 0 Å². The highest BCUT2D eigenvalue weighted by Gasteiger charge is 2.42. The third-order valence-corrected chi connectivity index (χ3v) is 3.15. The Bertz CT molecular complexity index is 236. The first-order valence-electron chi connectivity index (χ1n) is 4.04. The van der Waals surface area contributed by atoms with Crippen LogP contribution < -0.4 is 0 Å². The van der Waals surface area contributed by atoms with Gasteiger partial charge in [0.25, 0.3) is 0 Å². The molecule has 2 rings (SSSR count). The zero-order valence-corrected chi connectivity index (χ0v) is 7.35. The molecule has 0 spiro atoms. The van der Waals surface area contributed by atoms with Crippen molar-refractivity contribution >= 4 is 12.6 Å². The Labute approximate surface area is 73.0 Å². The molecule has 0 bridgehead atoms. The second-order valence-electron chi connectivity index (χ2n) is 3.30. The van der Waals surface area contributed by atoms with Crippen LogP contribution in [0.25, 0.3) is 0 Å². The van der Waals surface area contributed by atoms with Gasteiger partial charge in [-0.1, -0.05) is 30.3 Å². The summed E-state index contributed by atoms with van der Waals surface area (Å²) >= 11 is 4.38. The highest BCUT2D eigenvalue weighted by Crippen LogP contribution is 2.48. The summed E-state index contributed by atoms with van der Waals surface area (Å²) in [7, 11) is 0. The third-order valence-electron chi connectivity index (χ3n) is 2.54. The van der Waals surface area contributed by atoms with E-state index in [4.69, 9.17) is 0 Å². The lowest BCUT2D eigenvalue weighted by atomic mass is 9.99. The highest BCUT2D eigenvalue weighted by molar-refractivity contribution is 7.80. The van der Waals surface area contributed by atoms with Crippen LogP contribution >= 0.6 is 12.6 Å². The van der Waals surface area contributed by atoms with Crippen molar-refractivity contribution < 1.29 is 0 Å². The maximum atomic E-state index is 4.38. The van der Waals surface area contributed by atoms with Crippen molar-refractivity contribution in [3.05, 3.63) is 35.9 Å². The summed E-state index contributed by atoms with van der Waals surface area (Å²) in [6.07, 6.45) is 2.64. The Morgan fingerprint density at radius 1 is 1.18 bits per heavy atom. The van der Waals surface area contributed by atoms with Crippen molar-refractivity contribution in [2.24, 2.45) is 0 Å². The largest absolute Gasteiger partial charge is 0.178 e. The smallest absolute Gasteiger partial charge is 0.00417 e. The second kappa shape index (κ2) is 2.56. The molecule has 1 aliphatic rings. The van der Waals surface area contributed by atoms with Crippen LogP contribution in [0, 0.1) is 0 Å². The molecule has 0 saturated heterocycles. The minimum absolute atomic E-state index is 0.449. The van der Waals surface area contributed by atoms with Crippen molar-refractivity contribution in [2.45, 2.75) is 18.3 Å². The molecule has 1 saturated carbocycles. The number of hydrogen-bond acceptors (Lipinski definition) is 1. The molecule has 0 unspecified atom stereocenters. The molecule has 1 aromatic carbocycles. The molecule has 0 nitrogen and oxygen atoms in total. The van der Waals surface area contributed by atoms with Crippen molar-refractivity contribution in [3.8, 4) is 0 Å². The second-order valence-corrected chi connectivity index (χ2v) is 3.62. The molecule has 0 heterocycles. The molecule has 1 aliphatic carbocycles. The fourth-order valence-corrected chi connectivity index (χ4v) is 1.98. The van der Waals surface area contributed by atoms with Crippen molar-refractivity contribution in [2.75, 3.05) is 5.75 Å². The fourth-order valence-electron chi connectivity index (χ4n) is 1.48. The van der Waals surface area contributed by atoms with E-state index in [2.05, 4.69) is 43.0 Å². The molecule has 1 aromatic rings. The first-order valence-corrected chi connectivity index (χ1v) is 4.67. The lowest BCUT2D eigenvalue weighted by Gasteiger charge is -2.10. The monoisotopic (exact) mass is 164 g/mol. The molecular formula is C10H12S. The van der Waals surface area contributed by atoms with Gasteiger partial charge < -0.3 is 0 Å². The van der Waals surface area contributed by atoms with Gasteiger partial charge in [-0.3, -0.25) is 0 Å². The van der Waals surface area contributed by atoms with Crippen LogP contribution in [0.5, 0.6) is 0 Å². The normalized spacial score (nSPS) is 19.7. The third kappa shape index (κ3) is 1.18. The molecular weight excluding hydrogens is 152 g/mol. The summed E-state index contributed by atoms with van der Waals surface area (Å²) in [5, 5.41) is 0. The van der Waals surface area contributed by atoms with Crippen LogP contribution in [0.1, 0.15) is 18.4 Å². The van der Waals surface area contributed by atoms with Crippen molar-refractivity contribution in [3.63, 3.8) is 0 Å². The molecule has 1 fully saturated rings. The van der Waals surface area contributed by atoms with Crippen LogP contribution in [0.15, 0.2) is 30.3 Å². The van der Waals surface area contributed by atoms with E-state index in [1.165, 1.54) is 18.4 Å². The zero-order chi connectivity index (χ0) is 7.73. The van der Waals surface area contributed by atoms with Crippen molar-refractivity contribution in [1.82, 2.24) is 0 Å². The van der Waals surface area contributed by atoms with Gasteiger partial charge >= 0.3 is 0 Å². The van der Waals surface area contributed by atoms with E-state index in [-0.39, 0.29) is 0 Å². The summed E-state index contributed by atoms with van der Waals surface area (Å²) in [6.45, 7) is 0. The Kier molecular flexibility index (Phi) is 1.68. The van der Waals surface area contributed by atoms with Gasteiger partial charge in [0, 0.05) is 5.41 Å². The van der Waals surface area contributed by atoms with Gasteiger partial charge in [0.15, 0.2) is 0 Å².